The van der Waals surface area contributed by atoms with Gasteiger partial charge in [-0.3, -0.25) is 0 Å². The molecule has 2 heterocycles. The normalized spacial score (nSPS) is 21.5. The van der Waals surface area contributed by atoms with Crippen LogP contribution < -0.4 is 4.90 Å². The van der Waals surface area contributed by atoms with E-state index in [2.05, 4.69) is 45.0 Å². The Hall–Kier alpha value is -1.50. The average molecular weight is 362 g/mol. The number of likely N-dealkylation sites (tertiary alicyclic amines) is 1. The first-order valence-corrected chi connectivity index (χ1v) is 9.43. The molecule has 0 saturated carbocycles. The van der Waals surface area contributed by atoms with Gasteiger partial charge in [0.1, 0.15) is 0 Å². The van der Waals surface area contributed by atoms with Gasteiger partial charge in [-0.25, -0.2) is 0 Å². The van der Waals surface area contributed by atoms with Gasteiger partial charge in [-0.05, 0) is 23.2 Å². The highest BCUT2D eigenvalue weighted by molar-refractivity contribution is 7.71. The standard InChI is InChI=1S/C19H28N4OS/c1-19(2,3)15-7-5-14(6-8-15)17-20-23(18(25)21(17)4)13-22-11-9-16(24)10-12-22/h5-8,16,24H,9-13H2,1-4H3/p+1. The Morgan fingerprint density at radius 1 is 1.20 bits per heavy atom. The summed E-state index contributed by atoms with van der Waals surface area (Å²) in [6.07, 6.45) is 1.57. The second-order valence-corrected chi connectivity index (χ2v) is 8.50. The summed E-state index contributed by atoms with van der Waals surface area (Å²) < 4.78 is 4.66. The van der Waals surface area contributed by atoms with Gasteiger partial charge >= 0.3 is 0 Å². The van der Waals surface area contributed by atoms with Gasteiger partial charge in [-0.1, -0.05) is 45.0 Å². The highest BCUT2D eigenvalue weighted by Crippen LogP contribution is 2.25. The zero-order valence-electron chi connectivity index (χ0n) is 15.6. The van der Waals surface area contributed by atoms with Crippen molar-refractivity contribution in [2.24, 2.45) is 7.05 Å². The quantitative estimate of drug-likeness (QED) is 0.821. The number of aliphatic hydroxyl groups is 1. The Balaban J connectivity index is 1.82. The maximum absolute atomic E-state index is 9.66. The van der Waals surface area contributed by atoms with E-state index in [1.165, 1.54) is 10.5 Å². The van der Waals surface area contributed by atoms with Crippen LogP contribution in [0.2, 0.25) is 0 Å². The lowest BCUT2D eigenvalue weighted by atomic mass is 9.87. The molecule has 0 unspecified atom stereocenters. The maximum Gasteiger partial charge on any atom is 0.202 e. The smallest absolute Gasteiger partial charge is 0.202 e. The van der Waals surface area contributed by atoms with Crippen LogP contribution in [0.15, 0.2) is 24.3 Å². The molecule has 0 amide bonds. The van der Waals surface area contributed by atoms with Gasteiger partial charge in [0.05, 0.1) is 19.2 Å². The zero-order valence-corrected chi connectivity index (χ0v) is 16.4. The van der Waals surface area contributed by atoms with Gasteiger partial charge in [0.25, 0.3) is 0 Å². The van der Waals surface area contributed by atoms with Crippen molar-refractivity contribution in [2.45, 2.75) is 51.8 Å². The molecule has 1 aromatic heterocycles. The SMILES string of the molecule is Cn1c(-c2ccc(C(C)(C)C)cc2)nn(C[NH+]2CCC(O)CC2)c1=S. The van der Waals surface area contributed by atoms with Crippen molar-refractivity contribution in [3.8, 4) is 11.4 Å². The molecule has 0 bridgehead atoms. The predicted molar refractivity (Wildman–Crippen MR) is 102 cm³/mol. The second kappa shape index (κ2) is 7.02. The molecule has 2 aromatic rings. The van der Waals surface area contributed by atoms with Gasteiger partial charge < -0.3 is 14.6 Å². The fraction of sp³-hybridized carbons (Fsp3) is 0.579. The number of nitrogens with one attached hydrogen (secondary N) is 1. The lowest BCUT2D eigenvalue weighted by Gasteiger charge is -2.26. The lowest BCUT2D eigenvalue weighted by Crippen LogP contribution is -3.12. The van der Waals surface area contributed by atoms with E-state index in [1.54, 1.807) is 0 Å². The number of rotatable bonds is 3. The van der Waals surface area contributed by atoms with Crippen LogP contribution in [0.5, 0.6) is 0 Å². The van der Waals surface area contributed by atoms with E-state index in [0.29, 0.717) is 0 Å². The van der Waals surface area contributed by atoms with Crippen LogP contribution in [0.4, 0.5) is 0 Å². The molecule has 0 spiro atoms. The highest BCUT2D eigenvalue weighted by atomic mass is 32.1. The fourth-order valence-corrected chi connectivity index (χ4v) is 3.53. The monoisotopic (exact) mass is 361 g/mol. The third-order valence-electron chi connectivity index (χ3n) is 5.09. The highest BCUT2D eigenvalue weighted by Gasteiger charge is 2.22. The fourth-order valence-electron chi connectivity index (χ4n) is 3.34. The van der Waals surface area contributed by atoms with E-state index in [0.717, 1.165) is 48.8 Å². The molecule has 1 fully saturated rings. The molecule has 1 aromatic carbocycles. The molecule has 0 radical (unpaired) electrons. The van der Waals surface area contributed by atoms with E-state index < -0.39 is 0 Å². The van der Waals surface area contributed by atoms with Crippen LogP contribution in [0.25, 0.3) is 11.4 Å². The first-order valence-electron chi connectivity index (χ1n) is 9.02. The second-order valence-electron chi connectivity index (χ2n) is 8.13. The summed E-state index contributed by atoms with van der Waals surface area (Å²) in [5.74, 6) is 0.905. The molecule has 136 valence electrons. The Labute approximate surface area is 154 Å². The molecular weight excluding hydrogens is 332 g/mol. The van der Waals surface area contributed by atoms with Crippen LogP contribution in [-0.4, -0.2) is 38.6 Å². The molecule has 1 aliphatic heterocycles. The van der Waals surface area contributed by atoms with E-state index in [4.69, 9.17) is 17.3 Å². The Kier molecular flexibility index (Phi) is 5.14. The van der Waals surface area contributed by atoms with Crippen LogP contribution >= 0.6 is 12.2 Å². The molecule has 1 saturated heterocycles. The van der Waals surface area contributed by atoms with Gasteiger partial charge in [0.15, 0.2) is 12.5 Å². The number of hydrogen-bond donors (Lipinski definition) is 2. The van der Waals surface area contributed by atoms with Gasteiger partial charge in [0.2, 0.25) is 4.77 Å². The Bertz CT molecular complexity index is 777. The number of hydrogen-bond acceptors (Lipinski definition) is 3. The predicted octanol–water partition coefficient (Wildman–Crippen LogP) is 1.91. The Morgan fingerprint density at radius 2 is 1.80 bits per heavy atom. The molecule has 25 heavy (non-hydrogen) atoms. The molecular formula is C19H29N4OS+. The minimum atomic E-state index is -0.141. The molecule has 0 aliphatic carbocycles. The summed E-state index contributed by atoms with van der Waals surface area (Å²) in [6, 6.07) is 8.61. The van der Waals surface area contributed by atoms with Crippen molar-refractivity contribution in [2.75, 3.05) is 13.1 Å². The molecule has 3 rings (SSSR count). The average Bonchev–Trinajstić information content (AvgIpc) is 2.85. The first kappa shape index (κ1) is 18.3. The maximum atomic E-state index is 9.66. The minimum Gasteiger partial charge on any atom is -0.393 e. The Morgan fingerprint density at radius 3 is 2.36 bits per heavy atom. The number of piperidine rings is 1. The van der Waals surface area contributed by atoms with Crippen molar-refractivity contribution in [3.05, 3.63) is 34.6 Å². The largest absolute Gasteiger partial charge is 0.393 e. The third-order valence-corrected chi connectivity index (χ3v) is 5.57. The van der Waals surface area contributed by atoms with Crippen molar-refractivity contribution in [1.29, 1.82) is 0 Å². The summed E-state index contributed by atoms with van der Waals surface area (Å²) in [5.41, 5.74) is 2.54. The van der Waals surface area contributed by atoms with E-state index >= 15 is 0 Å². The summed E-state index contributed by atoms with van der Waals surface area (Å²) in [4.78, 5) is 1.43. The number of benzene rings is 1. The van der Waals surface area contributed by atoms with Gasteiger partial charge in [-0.2, -0.15) is 4.68 Å². The zero-order chi connectivity index (χ0) is 18.2. The van der Waals surface area contributed by atoms with Crippen molar-refractivity contribution < 1.29 is 10.0 Å². The number of quaternary nitrogens is 1. The summed E-state index contributed by atoms with van der Waals surface area (Å²) in [5, 5.41) is 14.4. The molecule has 6 heteroatoms. The lowest BCUT2D eigenvalue weighted by molar-refractivity contribution is -0.929. The summed E-state index contributed by atoms with van der Waals surface area (Å²) in [7, 11) is 1.98. The van der Waals surface area contributed by atoms with Crippen LogP contribution in [0.3, 0.4) is 0 Å². The third kappa shape index (κ3) is 4.02. The molecule has 2 N–H and O–H groups in total. The molecule has 1 aliphatic rings. The van der Waals surface area contributed by atoms with Crippen LogP contribution in [0, 0.1) is 4.77 Å². The first-order chi connectivity index (χ1) is 11.8. The molecule has 0 atom stereocenters. The van der Waals surface area contributed by atoms with Crippen LogP contribution in [-0.2, 0) is 19.1 Å². The summed E-state index contributed by atoms with van der Waals surface area (Å²) in [6.45, 7) is 9.35. The van der Waals surface area contributed by atoms with Crippen molar-refractivity contribution >= 4 is 12.2 Å². The van der Waals surface area contributed by atoms with E-state index in [1.807, 2.05) is 16.3 Å². The van der Waals surface area contributed by atoms with E-state index in [-0.39, 0.29) is 11.5 Å². The van der Waals surface area contributed by atoms with Gasteiger partial charge in [0, 0.05) is 25.5 Å². The van der Waals surface area contributed by atoms with E-state index in [9.17, 15) is 5.11 Å². The topological polar surface area (TPSA) is 47.4 Å². The van der Waals surface area contributed by atoms with Crippen molar-refractivity contribution in [1.82, 2.24) is 14.3 Å². The van der Waals surface area contributed by atoms with Gasteiger partial charge in [-0.15, -0.1) is 5.10 Å². The minimum absolute atomic E-state index is 0.141. The van der Waals surface area contributed by atoms with Crippen molar-refractivity contribution in [3.63, 3.8) is 0 Å². The molecule has 5 nitrogen and oxygen atoms in total. The van der Waals surface area contributed by atoms with Crippen LogP contribution in [0.1, 0.15) is 39.2 Å². The number of aromatic nitrogens is 3. The number of nitrogens with zero attached hydrogens (tertiary/aromatic N) is 3. The number of aliphatic hydroxyl groups excluding tert-OH is 1. The summed E-state index contributed by atoms with van der Waals surface area (Å²) >= 11 is 5.59.